The van der Waals surface area contributed by atoms with Gasteiger partial charge in [-0.25, -0.2) is 4.98 Å². The first-order chi connectivity index (χ1) is 14.3. The molecule has 2 aliphatic carbocycles. The van der Waals surface area contributed by atoms with Crippen LogP contribution >= 0.6 is 23.1 Å². The van der Waals surface area contributed by atoms with E-state index in [-0.39, 0.29) is 0 Å². The molecule has 0 saturated heterocycles. The molecule has 0 atom stereocenters. The number of benzene rings is 1. The van der Waals surface area contributed by atoms with Crippen molar-refractivity contribution in [3.63, 3.8) is 0 Å². The number of hydrogen-bond donors (Lipinski definition) is 0. The minimum absolute atomic E-state index is 0.594. The first-order valence-corrected chi connectivity index (χ1v) is 12.0. The van der Waals surface area contributed by atoms with Crippen molar-refractivity contribution in [2.75, 3.05) is 6.61 Å². The molecule has 0 bridgehead atoms. The maximum Gasteiger partial charge on any atom is 0.154 e. The van der Waals surface area contributed by atoms with Crippen molar-refractivity contribution < 1.29 is 4.74 Å². The number of thiazole rings is 1. The van der Waals surface area contributed by atoms with Crippen LogP contribution in [0.3, 0.4) is 0 Å². The fraction of sp³-hybridized carbons (Fsp3) is 0.333. The number of ether oxygens (including phenoxy) is 1. The Morgan fingerprint density at radius 3 is 2.69 bits per heavy atom. The van der Waals surface area contributed by atoms with Crippen LogP contribution in [-0.2, 0) is 0 Å². The molecule has 1 aliphatic heterocycles. The van der Waals surface area contributed by atoms with Crippen molar-refractivity contribution in [3.05, 3.63) is 71.0 Å². The van der Waals surface area contributed by atoms with Crippen LogP contribution in [0.1, 0.15) is 47.6 Å². The number of nitrogens with zero attached hydrogens (tertiary/aromatic N) is 2. The van der Waals surface area contributed by atoms with Gasteiger partial charge in [-0.3, -0.25) is 4.98 Å². The van der Waals surface area contributed by atoms with Crippen LogP contribution in [0, 0.1) is 11.8 Å². The largest absolute Gasteiger partial charge is 0.489 e. The van der Waals surface area contributed by atoms with E-state index in [0.29, 0.717) is 6.61 Å². The summed E-state index contributed by atoms with van der Waals surface area (Å²) in [4.78, 5) is 11.7. The second-order valence-electron chi connectivity index (χ2n) is 8.16. The molecule has 2 saturated carbocycles. The van der Waals surface area contributed by atoms with Gasteiger partial charge >= 0.3 is 0 Å². The van der Waals surface area contributed by atoms with E-state index in [1.165, 1.54) is 41.0 Å². The van der Waals surface area contributed by atoms with Gasteiger partial charge in [0, 0.05) is 45.4 Å². The Hall–Kier alpha value is -2.11. The van der Waals surface area contributed by atoms with Gasteiger partial charge in [0.1, 0.15) is 12.4 Å². The number of rotatable bonds is 6. The zero-order valence-corrected chi connectivity index (χ0v) is 17.7. The molecule has 2 aromatic heterocycles. The fourth-order valence-electron chi connectivity index (χ4n) is 4.36. The molecule has 3 nitrogen and oxygen atoms in total. The smallest absolute Gasteiger partial charge is 0.154 e. The molecular formula is C24H22N2OS2. The molecule has 5 heteroatoms. The lowest BCUT2D eigenvalue weighted by atomic mass is 9.97. The summed E-state index contributed by atoms with van der Waals surface area (Å²) in [7, 11) is 0. The standard InChI is InChI=1S/C24H22N2OS2/c1-2-17(13-25-10-1)19-9-11-27-21-12-18(7-8-20(19)21)28-24-26-14-22(29-24)23(15-3-4-15)16-5-6-16/h1-2,7-10,12-16,23H,3-6,11H2. The minimum atomic E-state index is 0.594. The lowest BCUT2D eigenvalue weighted by Gasteiger charge is -2.19. The Bertz CT molecular complexity index is 1060. The Morgan fingerprint density at radius 2 is 1.93 bits per heavy atom. The van der Waals surface area contributed by atoms with Gasteiger partial charge in [-0.05, 0) is 73.4 Å². The van der Waals surface area contributed by atoms with E-state index >= 15 is 0 Å². The van der Waals surface area contributed by atoms with E-state index in [0.717, 1.165) is 39.0 Å². The zero-order chi connectivity index (χ0) is 19.2. The predicted octanol–water partition coefficient (Wildman–Crippen LogP) is 6.42. The lowest BCUT2D eigenvalue weighted by Crippen LogP contribution is -2.05. The summed E-state index contributed by atoms with van der Waals surface area (Å²) in [5.74, 6) is 3.58. The monoisotopic (exact) mass is 418 g/mol. The molecule has 0 radical (unpaired) electrons. The Balaban J connectivity index is 1.23. The summed E-state index contributed by atoms with van der Waals surface area (Å²) in [6.07, 6.45) is 13.7. The Labute approximate surface area is 179 Å². The second-order valence-corrected chi connectivity index (χ2v) is 10.5. The third-order valence-electron chi connectivity index (χ3n) is 6.04. The van der Waals surface area contributed by atoms with Crippen LogP contribution < -0.4 is 4.74 Å². The summed E-state index contributed by atoms with van der Waals surface area (Å²) in [6, 6.07) is 10.6. The van der Waals surface area contributed by atoms with Crippen molar-refractivity contribution in [3.8, 4) is 5.75 Å². The molecule has 0 amide bonds. The second kappa shape index (κ2) is 7.29. The highest BCUT2D eigenvalue weighted by Crippen LogP contribution is 2.56. The average Bonchev–Trinajstić information content (AvgIpc) is 3.69. The van der Waals surface area contributed by atoms with Crippen molar-refractivity contribution >= 4 is 28.7 Å². The number of hydrogen-bond acceptors (Lipinski definition) is 5. The molecule has 0 N–H and O–H groups in total. The molecule has 6 rings (SSSR count). The van der Waals surface area contributed by atoms with Gasteiger partial charge in [-0.15, -0.1) is 11.3 Å². The van der Waals surface area contributed by atoms with Crippen LogP contribution in [0.5, 0.6) is 5.75 Å². The lowest BCUT2D eigenvalue weighted by molar-refractivity contribution is 0.356. The van der Waals surface area contributed by atoms with Crippen molar-refractivity contribution in [1.82, 2.24) is 9.97 Å². The molecular weight excluding hydrogens is 396 g/mol. The van der Waals surface area contributed by atoms with E-state index in [4.69, 9.17) is 9.72 Å². The molecule has 0 spiro atoms. The zero-order valence-electron chi connectivity index (χ0n) is 16.1. The van der Waals surface area contributed by atoms with Gasteiger partial charge in [-0.2, -0.15) is 0 Å². The van der Waals surface area contributed by atoms with Crippen LogP contribution in [0.2, 0.25) is 0 Å². The highest BCUT2D eigenvalue weighted by molar-refractivity contribution is 8.01. The van der Waals surface area contributed by atoms with Crippen LogP contribution in [0.4, 0.5) is 0 Å². The third kappa shape index (κ3) is 3.62. The van der Waals surface area contributed by atoms with Gasteiger partial charge in [0.05, 0.1) is 0 Å². The summed E-state index contributed by atoms with van der Waals surface area (Å²) in [5.41, 5.74) is 3.47. The first kappa shape index (κ1) is 17.7. The predicted molar refractivity (Wildman–Crippen MR) is 118 cm³/mol. The van der Waals surface area contributed by atoms with Gasteiger partial charge < -0.3 is 4.74 Å². The minimum Gasteiger partial charge on any atom is -0.489 e. The highest BCUT2D eigenvalue weighted by atomic mass is 32.2. The Morgan fingerprint density at radius 1 is 1.07 bits per heavy atom. The molecule has 3 aliphatic rings. The fourth-order valence-corrected chi connectivity index (χ4v) is 6.65. The first-order valence-electron chi connectivity index (χ1n) is 10.4. The number of fused-ring (bicyclic) bond motifs is 1. The summed E-state index contributed by atoms with van der Waals surface area (Å²) >= 11 is 3.65. The van der Waals surface area contributed by atoms with Crippen molar-refractivity contribution in [1.29, 1.82) is 0 Å². The molecule has 29 heavy (non-hydrogen) atoms. The highest BCUT2D eigenvalue weighted by Gasteiger charge is 2.43. The van der Waals surface area contributed by atoms with E-state index in [9.17, 15) is 0 Å². The SMILES string of the molecule is C1=C(c2cccnc2)c2ccc(Sc3ncc(C(C4CC4)C4CC4)s3)cc2OC1. The van der Waals surface area contributed by atoms with E-state index in [1.807, 2.05) is 29.8 Å². The molecule has 3 aromatic rings. The van der Waals surface area contributed by atoms with E-state index in [2.05, 4.69) is 41.5 Å². The maximum absolute atomic E-state index is 5.95. The quantitative estimate of drug-likeness (QED) is 0.463. The normalized spacial score (nSPS) is 18.3. The molecule has 146 valence electrons. The van der Waals surface area contributed by atoms with E-state index < -0.39 is 0 Å². The summed E-state index contributed by atoms with van der Waals surface area (Å²) < 4.78 is 7.09. The number of pyridine rings is 1. The Kier molecular flexibility index (Phi) is 4.46. The molecule has 3 heterocycles. The summed E-state index contributed by atoms with van der Waals surface area (Å²) in [6.45, 7) is 0.594. The van der Waals surface area contributed by atoms with Gasteiger partial charge in [0.15, 0.2) is 4.34 Å². The number of aromatic nitrogens is 2. The topological polar surface area (TPSA) is 35.0 Å². The van der Waals surface area contributed by atoms with Crippen molar-refractivity contribution in [2.24, 2.45) is 11.8 Å². The van der Waals surface area contributed by atoms with Crippen LogP contribution in [0.25, 0.3) is 5.57 Å². The van der Waals surface area contributed by atoms with Crippen LogP contribution in [0.15, 0.2) is 64.2 Å². The molecule has 1 aromatic carbocycles. The average molecular weight is 419 g/mol. The third-order valence-corrected chi connectivity index (χ3v) is 8.20. The van der Waals surface area contributed by atoms with Gasteiger partial charge in [0.25, 0.3) is 0 Å². The van der Waals surface area contributed by atoms with Crippen LogP contribution in [-0.4, -0.2) is 16.6 Å². The molecule has 0 unspecified atom stereocenters. The van der Waals surface area contributed by atoms with Gasteiger partial charge in [-0.1, -0.05) is 17.8 Å². The van der Waals surface area contributed by atoms with Gasteiger partial charge in [0.2, 0.25) is 0 Å². The maximum atomic E-state index is 5.95. The molecule has 2 fully saturated rings. The van der Waals surface area contributed by atoms with E-state index in [1.54, 1.807) is 11.8 Å². The van der Waals surface area contributed by atoms with Crippen molar-refractivity contribution in [2.45, 2.75) is 40.8 Å². The summed E-state index contributed by atoms with van der Waals surface area (Å²) in [5, 5.41) is 0.